The number of hydrogen-bond donors (Lipinski definition) is 2. The van der Waals surface area contributed by atoms with Gasteiger partial charge >= 0.3 is 6.03 Å². The van der Waals surface area contributed by atoms with E-state index in [1.165, 1.54) is 18.8 Å². The summed E-state index contributed by atoms with van der Waals surface area (Å²) in [5.41, 5.74) is 1.16. The molecule has 1 aromatic heterocycles. The van der Waals surface area contributed by atoms with E-state index in [0.717, 1.165) is 11.4 Å². The van der Waals surface area contributed by atoms with Crippen LogP contribution in [-0.4, -0.2) is 39.5 Å². The fraction of sp³-hybridized carbons (Fsp3) is 0.333. The summed E-state index contributed by atoms with van der Waals surface area (Å²) < 4.78 is 1.98. The maximum atomic E-state index is 11.6. The second-order valence-electron chi connectivity index (χ2n) is 4.72. The molecular weight excluding hydrogens is 314 g/mol. The van der Waals surface area contributed by atoms with E-state index in [1.807, 2.05) is 41.8 Å². The molecule has 0 aliphatic heterocycles. The molecule has 7 nitrogen and oxygen atoms in total. The number of rotatable bonds is 6. The van der Waals surface area contributed by atoms with Gasteiger partial charge < -0.3 is 9.88 Å². The van der Waals surface area contributed by atoms with Crippen LogP contribution < -0.4 is 10.6 Å². The summed E-state index contributed by atoms with van der Waals surface area (Å²) in [6, 6.07) is 9.51. The van der Waals surface area contributed by atoms with Gasteiger partial charge in [0.1, 0.15) is 5.82 Å². The number of nitrogens with one attached hydrogen (secondary N) is 2. The van der Waals surface area contributed by atoms with Crippen LogP contribution in [-0.2, 0) is 17.8 Å². The number of benzene rings is 1. The van der Waals surface area contributed by atoms with Crippen molar-refractivity contribution in [2.45, 2.75) is 25.0 Å². The van der Waals surface area contributed by atoms with Gasteiger partial charge in [-0.3, -0.25) is 10.1 Å². The van der Waals surface area contributed by atoms with Gasteiger partial charge in [-0.15, -0.1) is 10.2 Å². The van der Waals surface area contributed by atoms with Crippen LogP contribution in [0.4, 0.5) is 4.79 Å². The minimum Gasteiger partial charge on any atom is -0.341 e. The Hall–Kier alpha value is -2.35. The third kappa shape index (κ3) is 4.82. The zero-order chi connectivity index (χ0) is 16.7. The molecule has 0 aliphatic carbocycles. The topological polar surface area (TPSA) is 88.9 Å². The third-order valence-corrected chi connectivity index (χ3v) is 4.09. The molecule has 2 aromatic rings. The molecule has 0 bridgehead atoms. The molecule has 23 heavy (non-hydrogen) atoms. The van der Waals surface area contributed by atoms with Gasteiger partial charge in [0.2, 0.25) is 5.91 Å². The van der Waals surface area contributed by atoms with Gasteiger partial charge in [-0.1, -0.05) is 42.1 Å². The Morgan fingerprint density at radius 3 is 2.61 bits per heavy atom. The lowest BCUT2D eigenvalue weighted by molar-refractivity contribution is -0.117. The highest BCUT2D eigenvalue weighted by Crippen LogP contribution is 2.18. The second kappa shape index (κ2) is 8.33. The fourth-order valence-electron chi connectivity index (χ4n) is 2.01. The summed E-state index contributed by atoms with van der Waals surface area (Å²) in [7, 11) is 1.46. The average Bonchev–Trinajstić information content (AvgIpc) is 2.95. The predicted octanol–water partition coefficient (Wildman–Crippen LogP) is 1.44. The summed E-state index contributed by atoms with van der Waals surface area (Å²) in [5, 5.41) is 13.6. The van der Waals surface area contributed by atoms with E-state index >= 15 is 0 Å². The first-order chi connectivity index (χ1) is 11.1. The maximum absolute atomic E-state index is 11.6. The van der Waals surface area contributed by atoms with Crippen molar-refractivity contribution in [3.8, 4) is 0 Å². The Morgan fingerprint density at radius 2 is 1.96 bits per heavy atom. The molecule has 122 valence electrons. The first-order valence-electron chi connectivity index (χ1n) is 7.24. The van der Waals surface area contributed by atoms with Gasteiger partial charge in [0, 0.05) is 20.0 Å². The summed E-state index contributed by atoms with van der Waals surface area (Å²) in [5.74, 6) is 0.592. The van der Waals surface area contributed by atoms with Crippen molar-refractivity contribution in [3.63, 3.8) is 0 Å². The van der Waals surface area contributed by atoms with Crippen molar-refractivity contribution in [2.24, 2.45) is 0 Å². The molecule has 0 fully saturated rings. The molecule has 2 rings (SSSR count). The third-order valence-electron chi connectivity index (χ3n) is 3.13. The molecule has 0 saturated carbocycles. The van der Waals surface area contributed by atoms with Crippen LogP contribution >= 0.6 is 11.8 Å². The normalized spacial score (nSPS) is 10.3. The molecule has 0 radical (unpaired) electrons. The fourth-order valence-corrected chi connectivity index (χ4v) is 2.83. The number of urea groups is 1. The monoisotopic (exact) mass is 333 g/mol. The van der Waals surface area contributed by atoms with E-state index in [1.54, 1.807) is 0 Å². The van der Waals surface area contributed by atoms with Gasteiger partial charge in [-0.05, 0) is 12.5 Å². The summed E-state index contributed by atoms with van der Waals surface area (Å²) in [4.78, 5) is 22.7. The van der Waals surface area contributed by atoms with Crippen molar-refractivity contribution in [3.05, 3.63) is 41.7 Å². The summed E-state index contributed by atoms with van der Waals surface area (Å²) >= 11 is 1.26. The summed E-state index contributed by atoms with van der Waals surface area (Å²) in [6.45, 7) is 2.72. The SMILES string of the molecule is CCn1c(Cc2ccccc2)nnc1SCC(=O)NC(=O)NC. The Morgan fingerprint density at radius 1 is 1.22 bits per heavy atom. The van der Waals surface area contributed by atoms with Crippen LogP contribution in [0, 0.1) is 0 Å². The Balaban J connectivity index is 2.00. The molecule has 0 unspecified atom stereocenters. The van der Waals surface area contributed by atoms with Crippen LogP contribution in [0.3, 0.4) is 0 Å². The molecule has 0 saturated heterocycles. The smallest absolute Gasteiger partial charge is 0.321 e. The minimum absolute atomic E-state index is 0.108. The van der Waals surface area contributed by atoms with E-state index in [2.05, 4.69) is 20.8 Å². The number of imide groups is 1. The highest BCUT2D eigenvalue weighted by Gasteiger charge is 2.14. The number of thioether (sulfide) groups is 1. The number of nitrogens with zero attached hydrogens (tertiary/aromatic N) is 3. The van der Waals surface area contributed by atoms with Crippen molar-refractivity contribution >= 4 is 23.7 Å². The second-order valence-corrected chi connectivity index (χ2v) is 5.66. The van der Waals surface area contributed by atoms with Crippen molar-refractivity contribution in [1.29, 1.82) is 0 Å². The molecule has 3 amide bonds. The van der Waals surface area contributed by atoms with Crippen LogP contribution in [0.25, 0.3) is 0 Å². The van der Waals surface area contributed by atoms with Gasteiger partial charge in [0.15, 0.2) is 5.16 Å². The van der Waals surface area contributed by atoms with Crippen LogP contribution in [0.15, 0.2) is 35.5 Å². The van der Waals surface area contributed by atoms with Crippen molar-refractivity contribution in [1.82, 2.24) is 25.4 Å². The van der Waals surface area contributed by atoms with Crippen molar-refractivity contribution in [2.75, 3.05) is 12.8 Å². The van der Waals surface area contributed by atoms with E-state index in [4.69, 9.17) is 0 Å². The maximum Gasteiger partial charge on any atom is 0.321 e. The van der Waals surface area contributed by atoms with Crippen LogP contribution in [0.1, 0.15) is 18.3 Å². The highest BCUT2D eigenvalue weighted by molar-refractivity contribution is 7.99. The first kappa shape index (κ1) is 17.0. The first-order valence-corrected chi connectivity index (χ1v) is 8.23. The lowest BCUT2D eigenvalue weighted by Gasteiger charge is -2.07. The van der Waals surface area contributed by atoms with Crippen LogP contribution in [0.2, 0.25) is 0 Å². The van der Waals surface area contributed by atoms with Crippen LogP contribution in [0.5, 0.6) is 0 Å². The molecule has 2 N–H and O–H groups in total. The molecular formula is C15H19N5O2S. The number of carbonyl (C=O) groups is 2. The van der Waals surface area contributed by atoms with E-state index in [0.29, 0.717) is 18.1 Å². The number of amides is 3. The lowest BCUT2D eigenvalue weighted by atomic mass is 10.1. The summed E-state index contributed by atoms with van der Waals surface area (Å²) in [6.07, 6.45) is 0.687. The molecule has 0 atom stereocenters. The Labute approximate surface area is 138 Å². The largest absolute Gasteiger partial charge is 0.341 e. The zero-order valence-corrected chi connectivity index (χ0v) is 13.9. The highest BCUT2D eigenvalue weighted by atomic mass is 32.2. The molecule has 1 heterocycles. The number of hydrogen-bond acceptors (Lipinski definition) is 5. The van der Waals surface area contributed by atoms with Crippen molar-refractivity contribution < 1.29 is 9.59 Å². The minimum atomic E-state index is -0.516. The molecule has 1 aromatic carbocycles. The van der Waals surface area contributed by atoms with E-state index in [9.17, 15) is 9.59 Å². The Bertz CT molecular complexity index is 672. The van der Waals surface area contributed by atoms with E-state index < -0.39 is 6.03 Å². The van der Waals surface area contributed by atoms with Gasteiger partial charge in [-0.2, -0.15) is 0 Å². The quantitative estimate of drug-likeness (QED) is 0.781. The van der Waals surface area contributed by atoms with Gasteiger partial charge in [-0.25, -0.2) is 4.79 Å². The average molecular weight is 333 g/mol. The number of carbonyl (C=O) groups excluding carboxylic acids is 2. The molecule has 8 heteroatoms. The van der Waals surface area contributed by atoms with Gasteiger partial charge in [0.25, 0.3) is 0 Å². The van der Waals surface area contributed by atoms with Gasteiger partial charge in [0.05, 0.1) is 5.75 Å². The lowest BCUT2D eigenvalue weighted by Crippen LogP contribution is -2.38. The Kier molecular flexibility index (Phi) is 6.16. The standard InChI is InChI=1S/C15H19N5O2S/c1-3-20-12(9-11-7-5-4-6-8-11)18-19-15(20)23-10-13(21)17-14(22)16-2/h4-8H,3,9-10H2,1-2H3,(H2,16,17,21,22). The molecule has 0 aliphatic rings. The molecule has 0 spiro atoms. The zero-order valence-electron chi connectivity index (χ0n) is 13.1. The predicted molar refractivity (Wildman–Crippen MR) is 88.3 cm³/mol. The van der Waals surface area contributed by atoms with E-state index in [-0.39, 0.29) is 11.7 Å². The number of aromatic nitrogens is 3.